The van der Waals surface area contributed by atoms with Crippen molar-refractivity contribution >= 4 is 44.8 Å². The Morgan fingerprint density at radius 2 is 1.00 bits per heavy atom. The molecule has 4 aliphatic rings. The van der Waals surface area contributed by atoms with Gasteiger partial charge >= 0.3 is 0 Å². The molecule has 4 aliphatic heterocycles. The summed E-state index contributed by atoms with van der Waals surface area (Å²) in [6.07, 6.45) is 2.38. The molecule has 13 nitrogen and oxygen atoms in total. The number of piperazine rings is 2. The first-order valence-corrected chi connectivity index (χ1v) is 20.7. The summed E-state index contributed by atoms with van der Waals surface area (Å²) < 4.78 is -0.0413. The van der Waals surface area contributed by atoms with E-state index in [1.807, 2.05) is 78.9 Å². The molecule has 4 aromatic carbocycles. The Bertz CT molecular complexity index is 2340. The van der Waals surface area contributed by atoms with Crippen molar-refractivity contribution in [3.8, 4) is 0 Å². The molecule has 4 saturated heterocycles. The van der Waals surface area contributed by atoms with Gasteiger partial charge in [0.15, 0.2) is 5.69 Å². The zero-order valence-corrected chi connectivity index (χ0v) is 33.4. The Labute approximate surface area is 345 Å². The lowest BCUT2D eigenvalue weighted by atomic mass is 10.1. The average Bonchev–Trinajstić information content (AvgIpc) is 3.88. The summed E-state index contributed by atoms with van der Waals surface area (Å²) in [5.74, 6) is 1.80. The molecule has 6 heterocycles. The number of aliphatic hydroxyl groups is 2. The third-order valence-corrected chi connectivity index (χ3v) is 12.7. The maximum absolute atomic E-state index is 11.0. The fourth-order valence-corrected chi connectivity index (χ4v) is 9.33. The summed E-state index contributed by atoms with van der Waals surface area (Å²) >= 11 is 0. The molecule has 4 fully saturated rings. The second-order valence-electron chi connectivity index (χ2n) is 16.1. The molecule has 10 rings (SSSR count). The van der Waals surface area contributed by atoms with Gasteiger partial charge in [0, 0.05) is 81.0 Å². The molecule has 304 valence electrons. The van der Waals surface area contributed by atoms with E-state index in [1.165, 1.54) is 5.56 Å². The van der Waals surface area contributed by atoms with Gasteiger partial charge in [0.05, 0.1) is 48.4 Å². The third kappa shape index (κ3) is 8.09. The smallest absolute Gasteiger partial charge is 0.165 e. The number of hydroxylamine groups is 2. The van der Waals surface area contributed by atoms with Crippen LogP contribution in [0.1, 0.15) is 5.56 Å². The Hall–Kier alpha value is -5.54. The van der Waals surface area contributed by atoms with Crippen LogP contribution in [-0.4, -0.2) is 153 Å². The minimum Gasteiger partial charge on any atom is -0.390 e. The topological polar surface area (TPSA) is 128 Å². The summed E-state index contributed by atoms with van der Waals surface area (Å²) in [5.41, 5.74) is 5.03. The van der Waals surface area contributed by atoms with Crippen molar-refractivity contribution in [1.29, 1.82) is 0 Å². The minimum absolute atomic E-state index is 0.0354. The molecule has 0 spiro atoms. The average molecular weight is 794 g/mol. The van der Waals surface area contributed by atoms with E-state index in [0.717, 1.165) is 97.2 Å². The van der Waals surface area contributed by atoms with Crippen LogP contribution < -0.4 is 14.4 Å². The maximum Gasteiger partial charge on any atom is 0.165 e. The highest BCUT2D eigenvalue weighted by Crippen LogP contribution is 2.31. The van der Waals surface area contributed by atoms with Gasteiger partial charge < -0.3 is 24.9 Å². The molecule has 0 radical (unpaired) electrons. The summed E-state index contributed by atoms with van der Waals surface area (Å²) in [5, 5.41) is 34.7. The van der Waals surface area contributed by atoms with Gasteiger partial charge in [0.2, 0.25) is 0 Å². The molecule has 59 heavy (non-hydrogen) atoms. The van der Waals surface area contributed by atoms with E-state index >= 15 is 0 Å². The Balaban J connectivity index is 0.000000152. The lowest BCUT2D eigenvalue weighted by Gasteiger charge is -2.41. The zero-order chi connectivity index (χ0) is 40.3. The van der Waals surface area contributed by atoms with Gasteiger partial charge in [0.1, 0.15) is 37.4 Å². The number of nitrogens with zero attached hydrogens (tertiary/aromatic N) is 10. The number of anilines is 2. The van der Waals surface area contributed by atoms with Crippen molar-refractivity contribution in [2.75, 3.05) is 88.3 Å². The number of β-amino-alcohol motifs (C(OH)–C–C–N with tert-alkyl or cyclic N) is 2. The largest absolute Gasteiger partial charge is 0.390 e. The molecule has 4 atom stereocenters. The number of quaternary nitrogens is 1. The van der Waals surface area contributed by atoms with Gasteiger partial charge in [-0.25, -0.2) is 25.1 Å². The normalized spacial score (nSPS) is 23.7. The zero-order valence-electron chi connectivity index (χ0n) is 33.4. The Morgan fingerprint density at radius 3 is 1.53 bits per heavy atom. The molecular weight excluding hydrogens is 741 g/mol. The van der Waals surface area contributed by atoms with Gasteiger partial charge in [-0.3, -0.25) is 9.80 Å². The van der Waals surface area contributed by atoms with Gasteiger partial charge in [-0.15, -0.1) is 4.65 Å². The second-order valence-corrected chi connectivity index (χ2v) is 16.1. The molecule has 2 aromatic heterocycles. The SMILES string of the molecule is C=C(c1ccccc1)N1CCN(C2CN(c3ncnc4ccccc34)CC2O)CC1.OC1CN(c2ncnc3ccccc23)CC1N1CC[N+](O)(c2ccccc2)CC1. The van der Waals surface area contributed by atoms with Gasteiger partial charge in [0.25, 0.3) is 0 Å². The van der Waals surface area contributed by atoms with Gasteiger partial charge in [-0.1, -0.05) is 79.4 Å². The number of hydrogen-bond acceptors (Lipinski definition) is 12. The second kappa shape index (κ2) is 17.0. The molecule has 13 heteroatoms. The predicted octanol–water partition coefficient (Wildman–Crippen LogP) is 4.36. The third-order valence-electron chi connectivity index (χ3n) is 12.7. The van der Waals surface area contributed by atoms with Crippen molar-refractivity contribution < 1.29 is 15.4 Å². The summed E-state index contributed by atoms with van der Waals surface area (Å²) in [6, 6.07) is 36.4. The van der Waals surface area contributed by atoms with Crippen LogP contribution in [0, 0.1) is 0 Å². The number of benzene rings is 4. The standard InChI is InChI=1S/C24H27N5O.C22H26N5O2/c1-18(19-7-3-2-4-8-19)27-11-13-28(14-12-27)22-15-29(16-23(22)30)24-20-9-5-6-10-21(20)25-17-26-24;28-21-15-26(22-18-8-4-5-9-19(18)23-16-24-22)14-20(21)25-10-12-27(29,13-11-25)17-6-2-1-3-7-17/h2-10,17,22-23,30H,1,11-16H2;1-9,16,20-21,28-29H,10-15H2/q;+1. The van der Waals surface area contributed by atoms with E-state index in [0.29, 0.717) is 26.2 Å². The number of fused-ring (bicyclic) bond motifs is 2. The molecule has 3 N–H and O–H groups in total. The van der Waals surface area contributed by atoms with E-state index in [4.69, 9.17) is 0 Å². The van der Waals surface area contributed by atoms with Crippen LogP contribution in [0.5, 0.6) is 0 Å². The van der Waals surface area contributed by atoms with E-state index in [1.54, 1.807) is 12.7 Å². The molecule has 6 aromatic rings. The van der Waals surface area contributed by atoms with Gasteiger partial charge in [-0.2, -0.15) is 0 Å². The van der Waals surface area contributed by atoms with Crippen LogP contribution in [0.25, 0.3) is 27.5 Å². The highest BCUT2D eigenvalue weighted by atomic mass is 16.5. The number of hydrogen-bond donors (Lipinski definition) is 3. The van der Waals surface area contributed by atoms with Crippen LogP contribution in [0.2, 0.25) is 0 Å². The monoisotopic (exact) mass is 793 g/mol. The van der Waals surface area contributed by atoms with E-state index in [-0.39, 0.29) is 22.8 Å². The molecule has 0 amide bonds. The fourth-order valence-electron chi connectivity index (χ4n) is 9.33. The number of para-hydroxylation sites is 3. The van der Waals surface area contributed by atoms with Gasteiger partial charge in [-0.05, 0) is 29.8 Å². The van der Waals surface area contributed by atoms with Crippen molar-refractivity contribution in [2.24, 2.45) is 0 Å². The lowest BCUT2D eigenvalue weighted by Crippen LogP contribution is -2.62. The lowest BCUT2D eigenvalue weighted by molar-refractivity contribution is -0.115. The van der Waals surface area contributed by atoms with Crippen LogP contribution in [0.3, 0.4) is 0 Å². The first-order chi connectivity index (χ1) is 28.8. The predicted molar refractivity (Wildman–Crippen MR) is 233 cm³/mol. The molecular formula is C46H53N10O3+. The van der Waals surface area contributed by atoms with Crippen LogP contribution in [0.15, 0.2) is 128 Å². The van der Waals surface area contributed by atoms with Crippen LogP contribution >= 0.6 is 0 Å². The molecule has 0 bridgehead atoms. The maximum atomic E-state index is 11.0. The summed E-state index contributed by atoms with van der Waals surface area (Å²) in [4.78, 5) is 29.2. The van der Waals surface area contributed by atoms with Crippen molar-refractivity contribution in [2.45, 2.75) is 24.3 Å². The first-order valence-electron chi connectivity index (χ1n) is 20.7. The van der Waals surface area contributed by atoms with E-state index in [9.17, 15) is 15.4 Å². The fraction of sp³-hybridized carbons (Fsp3) is 0.348. The highest BCUT2D eigenvalue weighted by molar-refractivity contribution is 5.90. The number of rotatable bonds is 7. The molecule has 0 aliphatic carbocycles. The van der Waals surface area contributed by atoms with Crippen LogP contribution in [0.4, 0.5) is 17.3 Å². The Morgan fingerprint density at radius 1 is 0.542 bits per heavy atom. The van der Waals surface area contributed by atoms with E-state index < -0.39 is 6.10 Å². The van der Waals surface area contributed by atoms with Crippen molar-refractivity contribution in [1.82, 2.24) is 39.3 Å². The number of aliphatic hydroxyl groups excluding tert-OH is 2. The molecule has 4 unspecified atom stereocenters. The van der Waals surface area contributed by atoms with Crippen molar-refractivity contribution in [3.05, 3.63) is 134 Å². The quantitative estimate of drug-likeness (QED) is 0.199. The molecule has 0 saturated carbocycles. The van der Waals surface area contributed by atoms with Crippen molar-refractivity contribution in [3.63, 3.8) is 0 Å². The summed E-state index contributed by atoms with van der Waals surface area (Å²) in [6.45, 7) is 13.4. The minimum atomic E-state index is -0.445. The Kier molecular flexibility index (Phi) is 11.2. The number of aromatic nitrogens is 4. The van der Waals surface area contributed by atoms with E-state index in [2.05, 4.69) is 81.3 Å². The highest BCUT2D eigenvalue weighted by Gasteiger charge is 2.42. The van der Waals surface area contributed by atoms with Crippen LogP contribution in [-0.2, 0) is 0 Å². The summed E-state index contributed by atoms with van der Waals surface area (Å²) in [7, 11) is 0. The first kappa shape index (κ1) is 38.9.